The van der Waals surface area contributed by atoms with Crippen LogP contribution >= 0.6 is 0 Å². The molecule has 0 aromatic carbocycles. The molecule has 16 heavy (non-hydrogen) atoms. The van der Waals surface area contributed by atoms with Crippen LogP contribution < -0.4 is 10.6 Å². The van der Waals surface area contributed by atoms with E-state index in [1.54, 1.807) is 0 Å². The van der Waals surface area contributed by atoms with Gasteiger partial charge in [-0.05, 0) is 39.3 Å². The van der Waals surface area contributed by atoms with Crippen molar-refractivity contribution < 1.29 is 4.79 Å². The molecule has 4 nitrogen and oxygen atoms in total. The maximum atomic E-state index is 11.8. The summed E-state index contributed by atoms with van der Waals surface area (Å²) in [5.74, 6) is 0.184. The van der Waals surface area contributed by atoms with E-state index in [-0.39, 0.29) is 11.9 Å². The fourth-order valence-corrected chi connectivity index (χ4v) is 2.25. The summed E-state index contributed by atoms with van der Waals surface area (Å²) in [6.07, 6.45) is 6.02. The lowest BCUT2D eigenvalue weighted by atomic mass is 10.0. The predicted octanol–water partition coefficient (Wildman–Crippen LogP) is 0.339. The van der Waals surface area contributed by atoms with E-state index in [1.807, 2.05) is 0 Å². The number of amides is 1. The van der Waals surface area contributed by atoms with Crippen LogP contribution in [0.5, 0.6) is 0 Å². The van der Waals surface area contributed by atoms with Crippen molar-refractivity contribution in [3.63, 3.8) is 0 Å². The third-order valence-electron chi connectivity index (χ3n) is 3.56. The van der Waals surface area contributed by atoms with Crippen LogP contribution in [-0.2, 0) is 4.79 Å². The molecule has 1 saturated heterocycles. The minimum Gasteiger partial charge on any atom is -0.353 e. The first kappa shape index (κ1) is 11.9. The summed E-state index contributed by atoms with van der Waals surface area (Å²) in [4.78, 5) is 14.1. The first-order valence-corrected chi connectivity index (χ1v) is 6.48. The number of nitrogens with one attached hydrogen (secondary N) is 2. The fraction of sp³-hybridized carbons (Fsp3) is 0.917. The summed E-state index contributed by atoms with van der Waals surface area (Å²) in [6.45, 7) is 2.74. The van der Waals surface area contributed by atoms with Crippen molar-refractivity contribution in [3.05, 3.63) is 0 Å². The summed E-state index contributed by atoms with van der Waals surface area (Å²) >= 11 is 0. The molecule has 0 aromatic heterocycles. The second kappa shape index (κ2) is 5.64. The maximum absolute atomic E-state index is 11.8. The predicted molar refractivity (Wildman–Crippen MR) is 64.3 cm³/mol. The molecule has 2 N–H and O–H groups in total. The Morgan fingerprint density at radius 1 is 1.38 bits per heavy atom. The molecule has 2 aliphatic rings. The minimum atomic E-state index is 0.0555. The second-order valence-corrected chi connectivity index (χ2v) is 5.01. The van der Waals surface area contributed by atoms with Crippen molar-refractivity contribution in [2.45, 2.75) is 44.2 Å². The van der Waals surface area contributed by atoms with Crippen LogP contribution in [0, 0.1) is 0 Å². The highest BCUT2D eigenvalue weighted by atomic mass is 16.2. The molecule has 92 valence electrons. The molecule has 0 spiro atoms. The lowest BCUT2D eigenvalue weighted by Crippen LogP contribution is -2.48. The molecule has 1 aliphatic carbocycles. The Morgan fingerprint density at radius 3 is 2.81 bits per heavy atom. The second-order valence-electron chi connectivity index (χ2n) is 5.01. The molecule has 4 heteroatoms. The Morgan fingerprint density at radius 2 is 2.19 bits per heavy atom. The zero-order valence-electron chi connectivity index (χ0n) is 10.2. The molecule has 0 unspecified atom stereocenters. The van der Waals surface area contributed by atoms with E-state index in [0.717, 1.165) is 32.1 Å². The first-order valence-electron chi connectivity index (χ1n) is 6.48. The molecule has 1 atom stereocenters. The fourth-order valence-electron chi connectivity index (χ4n) is 2.25. The lowest BCUT2D eigenvalue weighted by Gasteiger charge is -2.23. The monoisotopic (exact) mass is 225 g/mol. The van der Waals surface area contributed by atoms with Gasteiger partial charge in [0.25, 0.3) is 0 Å². The molecular formula is C12H23N3O. The summed E-state index contributed by atoms with van der Waals surface area (Å²) in [5, 5.41) is 6.29. The van der Waals surface area contributed by atoms with Crippen LogP contribution in [0.2, 0.25) is 0 Å². The standard InChI is InChI=1S/C12H23N3O/c1-15(10-5-6-10)9-8-14-12(16)11-4-2-3-7-13-11/h10-11,13H,2-9H2,1H3,(H,14,16)/t11-/m1/s1. The van der Waals surface area contributed by atoms with Crippen molar-refractivity contribution in [1.82, 2.24) is 15.5 Å². The van der Waals surface area contributed by atoms with E-state index in [1.165, 1.54) is 25.7 Å². The molecular weight excluding hydrogens is 202 g/mol. The SMILES string of the molecule is CN(CCNC(=O)[C@H]1CCCCN1)C1CC1. The molecule has 0 radical (unpaired) electrons. The van der Waals surface area contributed by atoms with Gasteiger partial charge in [0, 0.05) is 19.1 Å². The topological polar surface area (TPSA) is 44.4 Å². The average Bonchev–Trinajstić information content (AvgIpc) is 3.14. The van der Waals surface area contributed by atoms with E-state index < -0.39 is 0 Å². The normalized spacial score (nSPS) is 25.8. The highest BCUT2D eigenvalue weighted by molar-refractivity contribution is 5.81. The third-order valence-corrected chi connectivity index (χ3v) is 3.56. The molecule has 1 aliphatic heterocycles. The van der Waals surface area contributed by atoms with Gasteiger partial charge < -0.3 is 15.5 Å². The number of carbonyl (C=O) groups is 1. The third kappa shape index (κ3) is 3.46. The highest BCUT2D eigenvalue weighted by Crippen LogP contribution is 2.24. The van der Waals surface area contributed by atoms with Gasteiger partial charge in [0.2, 0.25) is 5.91 Å². The number of carbonyl (C=O) groups excluding carboxylic acids is 1. The molecule has 1 heterocycles. The van der Waals surface area contributed by atoms with E-state index in [9.17, 15) is 4.79 Å². The van der Waals surface area contributed by atoms with Crippen molar-refractivity contribution in [2.24, 2.45) is 0 Å². The van der Waals surface area contributed by atoms with Crippen molar-refractivity contribution in [3.8, 4) is 0 Å². The molecule has 0 bridgehead atoms. The quantitative estimate of drug-likeness (QED) is 0.709. The smallest absolute Gasteiger partial charge is 0.237 e. The minimum absolute atomic E-state index is 0.0555. The maximum Gasteiger partial charge on any atom is 0.237 e. The summed E-state index contributed by atoms with van der Waals surface area (Å²) < 4.78 is 0. The lowest BCUT2D eigenvalue weighted by molar-refractivity contribution is -0.123. The van der Waals surface area contributed by atoms with E-state index in [0.29, 0.717) is 0 Å². The van der Waals surface area contributed by atoms with Gasteiger partial charge in [-0.1, -0.05) is 6.42 Å². The number of likely N-dealkylation sites (N-methyl/N-ethyl adjacent to an activating group) is 1. The Balaban J connectivity index is 1.59. The van der Waals surface area contributed by atoms with Gasteiger partial charge in [0.1, 0.15) is 0 Å². The van der Waals surface area contributed by atoms with Crippen molar-refractivity contribution >= 4 is 5.91 Å². The van der Waals surface area contributed by atoms with Crippen molar-refractivity contribution in [1.29, 1.82) is 0 Å². The summed E-state index contributed by atoms with van der Waals surface area (Å²) in [7, 11) is 2.14. The Labute approximate surface area is 97.8 Å². The van der Waals surface area contributed by atoms with E-state index in [2.05, 4.69) is 22.6 Å². The average molecular weight is 225 g/mol. The zero-order valence-corrected chi connectivity index (χ0v) is 10.2. The van der Waals surface area contributed by atoms with Crippen LogP contribution in [0.15, 0.2) is 0 Å². The summed E-state index contributed by atoms with van der Waals surface area (Å²) in [6, 6.07) is 0.838. The van der Waals surface area contributed by atoms with E-state index >= 15 is 0 Å². The van der Waals surface area contributed by atoms with Crippen LogP contribution in [0.25, 0.3) is 0 Å². The molecule has 2 fully saturated rings. The van der Waals surface area contributed by atoms with Gasteiger partial charge in [0.05, 0.1) is 6.04 Å². The van der Waals surface area contributed by atoms with Crippen LogP contribution in [-0.4, -0.2) is 49.6 Å². The molecule has 1 amide bonds. The molecule has 1 saturated carbocycles. The van der Waals surface area contributed by atoms with Gasteiger partial charge in [-0.2, -0.15) is 0 Å². The Kier molecular flexibility index (Phi) is 4.18. The number of rotatable bonds is 5. The van der Waals surface area contributed by atoms with Crippen LogP contribution in [0.3, 0.4) is 0 Å². The van der Waals surface area contributed by atoms with Gasteiger partial charge in [-0.25, -0.2) is 0 Å². The van der Waals surface area contributed by atoms with Gasteiger partial charge in [0.15, 0.2) is 0 Å². The number of hydrogen-bond acceptors (Lipinski definition) is 3. The summed E-state index contributed by atoms with van der Waals surface area (Å²) in [5.41, 5.74) is 0. The zero-order chi connectivity index (χ0) is 11.4. The Bertz CT molecular complexity index is 234. The molecule has 2 rings (SSSR count). The van der Waals surface area contributed by atoms with Gasteiger partial charge >= 0.3 is 0 Å². The van der Waals surface area contributed by atoms with Gasteiger partial charge in [-0.3, -0.25) is 4.79 Å². The number of hydrogen-bond donors (Lipinski definition) is 2. The first-order chi connectivity index (χ1) is 7.77. The van der Waals surface area contributed by atoms with Crippen molar-refractivity contribution in [2.75, 3.05) is 26.7 Å². The van der Waals surface area contributed by atoms with Crippen LogP contribution in [0.4, 0.5) is 0 Å². The molecule has 0 aromatic rings. The highest BCUT2D eigenvalue weighted by Gasteiger charge is 2.26. The largest absolute Gasteiger partial charge is 0.353 e. The van der Waals surface area contributed by atoms with E-state index in [4.69, 9.17) is 0 Å². The van der Waals surface area contributed by atoms with Crippen LogP contribution in [0.1, 0.15) is 32.1 Å². The number of nitrogens with zero attached hydrogens (tertiary/aromatic N) is 1. The van der Waals surface area contributed by atoms with Gasteiger partial charge in [-0.15, -0.1) is 0 Å². The number of piperidine rings is 1. The Hall–Kier alpha value is -0.610.